The smallest absolute Gasteiger partial charge is 0.295 e. The van der Waals surface area contributed by atoms with E-state index >= 15 is 0 Å². The van der Waals surface area contributed by atoms with Crippen molar-refractivity contribution in [2.45, 2.75) is 6.92 Å². The van der Waals surface area contributed by atoms with Crippen molar-refractivity contribution in [1.29, 1.82) is 0 Å². The second kappa shape index (κ2) is 3.78. The standard InChI is InChI=1S/C10H7N5O2/c1-6-12-2-7(3-13-6)9-14-10(17-15-9)8-4-11-5-16-8/h2-5H,1H3. The molecule has 0 N–H and O–H groups in total. The van der Waals surface area contributed by atoms with Crippen LogP contribution in [0.5, 0.6) is 0 Å². The zero-order valence-corrected chi connectivity index (χ0v) is 8.86. The van der Waals surface area contributed by atoms with Gasteiger partial charge in [0.2, 0.25) is 11.6 Å². The van der Waals surface area contributed by atoms with E-state index in [1.165, 1.54) is 12.6 Å². The zero-order valence-electron chi connectivity index (χ0n) is 8.86. The quantitative estimate of drug-likeness (QED) is 0.657. The van der Waals surface area contributed by atoms with Gasteiger partial charge in [0.05, 0.1) is 11.8 Å². The molecule has 0 aliphatic rings. The maximum absolute atomic E-state index is 5.05. The van der Waals surface area contributed by atoms with E-state index in [2.05, 4.69) is 25.1 Å². The van der Waals surface area contributed by atoms with Gasteiger partial charge in [-0.05, 0) is 6.92 Å². The SMILES string of the molecule is Cc1ncc(-c2noc(-c3cnco3)n2)cn1. The van der Waals surface area contributed by atoms with E-state index in [4.69, 9.17) is 8.94 Å². The number of hydrogen-bond acceptors (Lipinski definition) is 7. The number of oxazole rings is 1. The third kappa shape index (κ3) is 1.78. The first kappa shape index (κ1) is 9.64. The number of nitrogens with zero attached hydrogens (tertiary/aromatic N) is 5. The van der Waals surface area contributed by atoms with Gasteiger partial charge in [0.15, 0.2) is 6.39 Å². The summed E-state index contributed by atoms with van der Waals surface area (Å²) in [6, 6.07) is 0. The minimum absolute atomic E-state index is 0.276. The van der Waals surface area contributed by atoms with E-state index in [1.54, 1.807) is 19.3 Å². The molecule has 0 atom stereocenters. The van der Waals surface area contributed by atoms with Crippen molar-refractivity contribution in [3.05, 3.63) is 30.8 Å². The summed E-state index contributed by atoms with van der Waals surface area (Å²) in [4.78, 5) is 16.1. The average Bonchev–Trinajstić information content (AvgIpc) is 3.00. The Labute approximate surface area is 95.5 Å². The molecule has 0 spiro atoms. The minimum Gasteiger partial charge on any atom is -0.438 e. The molecular formula is C10H7N5O2. The molecule has 0 saturated heterocycles. The molecule has 0 aromatic carbocycles. The molecule has 84 valence electrons. The van der Waals surface area contributed by atoms with Crippen LogP contribution in [0, 0.1) is 6.92 Å². The second-order valence-electron chi connectivity index (χ2n) is 3.31. The summed E-state index contributed by atoms with van der Waals surface area (Å²) in [5.74, 6) is 1.80. The van der Waals surface area contributed by atoms with Crippen LogP contribution in [0.2, 0.25) is 0 Å². The Kier molecular flexibility index (Phi) is 2.14. The predicted octanol–water partition coefficient (Wildman–Crippen LogP) is 1.49. The summed E-state index contributed by atoms with van der Waals surface area (Å²) in [6.45, 7) is 1.81. The van der Waals surface area contributed by atoms with Gasteiger partial charge in [0, 0.05) is 12.4 Å². The van der Waals surface area contributed by atoms with E-state index in [0.717, 1.165) is 0 Å². The number of rotatable bonds is 2. The largest absolute Gasteiger partial charge is 0.438 e. The molecule has 0 fully saturated rings. The fraction of sp³-hybridized carbons (Fsp3) is 0.100. The molecule has 7 nitrogen and oxygen atoms in total. The molecule has 3 rings (SSSR count). The lowest BCUT2D eigenvalue weighted by atomic mass is 10.3. The molecule has 0 bridgehead atoms. The van der Waals surface area contributed by atoms with Crippen LogP contribution >= 0.6 is 0 Å². The van der Waals surface area contributed by atoms with E-state index in [9.17, 15) is 0 Å². The summed E-state index contributed by atoms with van der Waals surface area (Å²) < 4.78 is 10.1. The second-order valence-corrected chi connectivity index (χ2v) is 3.31. The highest BCUT2D eigenvalue weighted by molar-refractivity contribution is 5.54. The Hall–Kier alpha value is -2.57. The number of hydrogen-bond donors (Lipinski definition) is 0. The molecule has 3 heterocycles. The third-order valence-corrected chi connectivity index (χ3v) is 2.11. The maximum Gasteiger partial charge on any atom is 0.295 e. The van der Waals surface area contributed by atoms with Crippen LogP contribution in [0.1, 0.15) is 5.82 Å². The highest BCUT2D eigenvalue weighted by Crippen LogP contribution is 2.20. The zero-order chi connectivity index (χ0) is 11.7. The van der Waals surface area contributed by atoms with Crippen molar-refractivity contribution < 1.29 is 8.94 Å². The van der Waals surface area contributed by atoms with Gasteiger partial charge in [-0.15, -0.1) is 0 Å². The Morgan fingerprint density at radius 1 is 1.12 bits per heavy atom. The van der Waals surface area contributed by atoms with Crippen molar-refractivity contribution in [2.24, 2.45) is 0 Å². The lowest BCUT2D eigenvalue weighted by Crippen LogP contribution is -1.88. The van der Waals surface area contributed by atoms with Crippen molar-refractivity contribution in [3.8, 4) is 23.0 Å². The molecule has 3 aromatic rings. The molecule has 0 aliphatic carbocycles. The van der Waals surface area contributed by atoms with Crippen LogP contribution in [-0.2, 0) is 0 Å². The molecule has 0 radical (unpaired) electrons. The molecule has 17 heavy (non-hydrogen) atoms. The van der Waals surface area contributed by atoms with Gasteiger partial charge in [0.1, 0.15) is 5.82 Å². The van der Waals surface area contributed by atoms with Crippen molar-refractivity contribution in [1.82, 2.24) is 25.1 Å². The molecule has 0 amide bonds. The van der Waals surface area contributed by atoms with E-state index in [0.29, 0.717) is 23.0 Å². The van der Waals surface area contributed by atoms with Crippen molar-refractivity contribution in [2.75, 3.05) is 0 Å². The summed E-state index contributed by atoms with van der Waals surface area (Å²) in [6.07, 6.45) is 6.08. The summed E-state index contributed by atoms with van der Waals surface area (Å²) >= 11 is 0. The predicted molar refractivity (Wildman–Crippen MR) is 55.6 cm³/mol. The number of aromatic nitrogens is 5. The van der Waals surface area contributed by atoms with Gasteiger partial charge in [0.25, 0.3) is 5.89 Å². The lowest BCUT2D eigenvalue weighted by Gasteiger charge is -1.92. The molecule has 3 aromatic heterocycles. The van der Waals surface area contributed by atoms with Crippen molar-refractivity contribution in [3.63, 3.8) is 0 Å². The molecule has 0 aliphatic heterocycles. The summed E-state index contributed by atoms with van der Waals surface area (Å²) in [7, 11) is 0. The summed E-state index contributed by atoms with van der Waals surface area (Å²) in [5.41, 5.74) is 0.685. The normalized spacial score (nSPS) is 10.6. The lowest BCUT2D eigenvalue weighted by molar-refractivity contribution is 0.416. The van der Waals surface area contributed by atoms with Gasteiger partial charge in [-0.3, -0.25) is 0 Å². The van der Waals surface area contributed by atoms with Crippen molar-refractivity contribution >= 4 is 0 Å². The first-order chi connectivity index (χ1) is 8.33. The maximum atomic E-state index is 5.05. The van der Waals surface area contributed by atoms with Crippen LogP contribution in [0.25, 0.3) is 23.0 Å². The third-order valence-electron chi connectivity index (χ3n) is 2.11. The average molecular weight is 229 g/mol. The number of aryl methyl sites for hydroxylation is 1. The van der Waals surface area contributed by atoms with Gasteiger partial charge in [-0.1, -0.05) is 5.16 Å². The Morgan fingerprint density at radius 3 is 2.65 bits per heavy atom. The van der Waals surface area contributed by atoms with Crippen LogP contribution in [0.3, 0.4) is 0 Å². The highest BCUT2D eigenvalue weighted by Gasteiger charge is 2.13. The Balaban J connectivity index is 1.98. The van der Waals surface area contributed by atoms with E-state index in [1.807, 2.05) is 0 Å². The molecule has 7 heteroatoms. The molecule has 0 saturated carbocycles. The molecular weight excluding hydrogens is 222 g/mol. The topological polar surface area (TPSA) is 90.7 Å². The van der Waals surface area contributed by atoms with Gasteiger partial charge < -0.3 is 8.94 Å². The van der Waals surface area contributed by atoms with Crippen LogP contribution in [0.4, 0.5) is 0 Å². The minimum atomic E-state index is 0.276. The van der Waals surface area contributed by atoms with Gasteiger partial charge in [-0.25, -0.2) is 15.0 Å². The fourth-order valence-corrected chi connectivity index (χ4v) is 1.27. The van der Waals surface area contributed by atoms with Gasteiger partial charge >= 0.3 is 0 Å². The summed E-state index contributed by atoms with van der Waals surface area (Å²) in [5, 5.41) is 3.82. The highest BCUT2D eigenvalue weighted by atomic mass is 16.5. The van der Waals surface area contributed by atoms with Crippen LogP contribution in [-0.4, -0.2) is 25.1 Å². The first-order valence-corrected chi connectivity index (χ1v) is 4.84. The fourth-order valence-electron chi connectivity index (χ4n) is 1.27. The Bertz CT molecular complexity index is 614. The first-order valence-electron chi connectivity index (χ1n) is 4.84. The molecule has 0 unspecified atom stereocenters. The Morgan fingerprint density at radius 2 is 1.94 bits per heavy atom. The van der Waals surface area contributed by atoms with Crippen LogP contribution < -0.4 is 0 Å². The van der Waals surface area contributed by atoms with E-state index in [-0.39, 0.29) is 5.89 Å². The van der Waals surface area contributed by atoms with Gasteiger partial charge in [-0.2, -0.15) is 4.98 Å². The van der Waals surface area contributed by atoms with Crippen LogP contribution in [0.15, 0.2) is 33.9 Å². The van der Waals surface area contributed by atoms with E-state index < -0.39 is 0 Å². The monoisotopic (exact) mass is 229 g/mol.